The predicted octanol–water partition coefficient (Wildman–Crippen LogP) is 7.83. The summed E-state index contributed by atoms with van der Waals surface area (Å²) in [5.41, 5.74) is 0.317. The number of nitriles is 1. The predicted molar refractivity (Wildman–Crippen MR) is 121 cm³/mol. The van der Waals surface area contributed by atoms with Crippen LogP contribution in [0.1, 0.15) is 89.5 Å². The molecule has 2 nitrogen and oxygen atoms in total. The van der Waals surface area contributed by atoms with E-state index in [1.54, 1.807) is 6.07 Å². The van der Waals surface area contributed by atoms with Crippen molar-refractivity contribution in [2.45, 2.75) is 84.0 Å². The Morgan fingerprint density at radius 3 is 2.67 bits per heavy atom. The summed E-state index contributed by atoms with van der Waals surface area (Å²) in [5.74, 6) is 3.29. The highest BCUT2D eigenvalue weighted by Crippen LogP contribution is 2.43. The summed E-state index contributed by atoms with van der Waals surface area (Å²) in [7, 11) is 0. The molecule has 2 aliphatic carbocycles. The van der Waals surface area contributed by atoms with Crippen LogP contribution in [-0.4, -0.2) is 6.61 Å². The molecule has 0 spiro atoms. The monoisotopic (exact) mass is 411 g/mol. The van der Waals surface area contributed by atoms with Crippen LogP contribution >= 0.6 is 0 Å². The lowest BCUT2D eigenvalue weighted by Gasteiger charge is -2.38. The Hall–Kier alpha value is -1.82. The summed E-state index contributed by atoms with van der Waals surface area (Å²) in [6, 6.07) is 6.28. The average Bonchev–Trinajstić information content (AvgIpc) is 2.78. The lowest BCUT2D eigenvalue weighted by molar-refractivity contribution is 0.143. The third kappa shape index (κ3) is 6.86. The normalized spacial score (nSPS) is 27.1. The Morgan fingerprint density at radius 1 is 1.10 bits per heavy atom. The molecule has 30 heavy (non-hydrogen) atoms. The molecule has 0 bridgehead atoms. The van der Waals surface area contributed by atoms with E-state index in [1.165, 1.54) is 89.2 Å². The molecule has 1 aromatic carbocycles. The molecule has 2 saturated carbocycles. The molecule has 0 amide bonds. The van der Waals surface area contributed by atoms with Crippen LogP contribution < -0.4 is 4.74 Å². The number of allylic oxidation sites excluding steroid dienone is 1. The van der Waals surface area contributed by atoms with Gasteiger partial charge in [0.1, 0.15) is 6.61 Å². The molecule has 0 heterocycles. The minimum atomic E-state index is -0.469. The fourth-order valence-corrected chi connectivity index (χ4v) is 5.59. The maximum atomic E-state index is 13.9. The first kappa shape index (κ1) is 22.9. The third-order valence-electron chi connectivity index (χ3n) is 7.33. The van der Waals surface area contributed by atoms with Crippen molar-refractivity contribution in [1.29, 1.82) is 5.26 Å². The second-order valence-corrected chi connectivity index (χ2v) is 9.46. The van der Waals surface area contributed by atoms with Crippen molar-refractivity contribution >= 4 is 0 Å². The summed E-state index contributed by atoms with van der Waals surface area (Å²) in [4.78, 5) is 0. The number of hydrogen-bond donors (Lipinski definition) is 0. The van der Waals surface area contributed by atoms with Crippen LogP contribution in [0.3, 0.4) is 0 Å². The van der Waals surface area contributed by atoms with Gasteiger partial charge in [0.25, 0.3) is 0 Å². The van der Waals surface area contributed by atoms with Gasteiger partial charge in [0, 0.05) is 0 Å². The Bertz CT molecular complexity index is 714. The van der Waals surface area contributed by atoms with Crippen LogP contribution in [0.4, 0.5) is 4.39 Å². The van der Waals surface area contributed by atoms with Crippen molar-refractivity contribution in [2.75, 3.05) is 6.61 Å². The van der Waals surface area contributed by atoms with Gasteiger partial charge in [-0.1, -0.05) is 64.0 Å². The molecular weight excluding hydrogens is 373 g/mol. The van der Waals surface area contributed by atoms with E-state index >= 15 is 0 Å². The molecule has 0 aromatic heterocycles. The van der Waals surface area contributed by atoms with Gasteiger partial charge in [-0.05, 0) is 74.0 Å². The fourth-order valence-electron chi connectivity index (χ4n) is 5.59. The maximum Gasteiger partial charge on any atom is 0.166 e. The van der Waals surface area contributed by atoms with Gasteiger partial charge in [-0.15, -0.1) is 0 Å². The lowest BCUT2D eigenvalue weighted by atomic mass is 9.68. The number of rotatable bonds is 9. The van der Waals surface area contributed by atoms with Gasteiger partial charge in [-0.3, -0.25) is 0 Å². The molecule has 0 aliphatic heterocycles. The Kier molecular flexibility index (Phi) is 9.25. The van der Waals surface area contributed by atoms with Crippen molar-refractivity contribution < 1.29 is 9.13 Å². The highest BCUT2D eigenvalue weighted by atomic mass is 19.1. The van der Waals surface area contributed by atoms with E-state index in [4.69, 9.17) is 10.00 Å². The zero-order valence-corrected chi connectivity index (χ0v) is 18.6. The highest BCUT2D eigenvalue weighted by molar-refractivity contribution is 5.36. The SMILES string of the molecule is CCCCC[C@@H]1CCC[C@@H](C2CCC(/C=C/COc3ccc(C#N)cc3F)CC2)C1. The van der Waals surface area contributed by atoms with Crippen molar-refractivity contribution in [3.8, 4) is 11.8 Å². The zero-order valence-electron chi connectivity index (χ0n) is 18.6. The van der Waals surface area contributed by atoms with E-state index in [0.717, 1.165) is 17.8 Å². The van der Waals surface area contributed by atoms with Crippen LogP contribution in [-0.2, 0) is 0 Å². The lowest BCUT2D eigenvalue weighted by Crippen LogP contribution is -2.26. The summed E-state index contributed by atoms with van der Waals surface area (Å²) >= 11 is 0. The highest BCUT2D eigenvalue weighted by Gasteiger charge is 2.30. The van der Waals surface area contributed by atoms with Crippen LogP contribution in [0.5, 0.6) is 5.75 Å². The van der Waals surface area contributed by atoms with Crippen molar-refractivity contribution in [2.24, 2.45) is 23.7 Å². The summed E-state index contributed by atoms with van der Waals surface area (Å²) in [5, 5.41) is 8.80. The number of hydrogen-bond acceptors (Lipinski definition) is 2. The number of halogens is 1. The first-order valence-electron chi connectivity index (χ1n) is 12.2. The number of unbranched alkanes of at least 4 members (excludes halogenated alkanes) is 2. The molecule has 164 valence electrons. The quantitative estimate of drug-likeness (QED) is 0.306. The smallest absolute Gasteiger partial charge is 0.166 e. The van der Waals surface area contributed by atoms with E-state index in [-0.39, 0.29) is 5.75 Å². The number of nitrogens with zero attached hydrogens (tertiary/aromatic N) is 1. The van der Waals surface area contributed by atoms with E-state index in [9.17, 15) is 4.39 Å². The second-order valence-electron chi connectivity index (χ2n) is 9.46. The maximum absolute atomic E-state index is 13.9. The van der Waals surface area contributed by atoms with Gasteiger partial charge in [0.15, 0.2) is 11.6 Å². The molecular formula is C27H38FNO. The Labute approximate surface area is 182 Å². The van der Waals surface area contributed by atoms with Crippen molar-refractivity contribution in [3.05, 3.63) is 41.7 Å². The van der Waals surface area contributed by atoms with Crippen molar-refractivity contribution in [1.82, 2.24) is 0 Å². The van der Waals surface area contributed by atoms with Gasteiger partial charge < -0.3 is 4.74 Å². The Balaban J connectivity index is 1.36. The van der Waals surface area contributed by atoms with Gasteiger partial charge in [-0.2, -0.15) is 5.26 Å². The minimum absolute atomic E-state index is 0.216. The van der Waals surface area contributed by atoms with Gasteiger partial charge in [0.05, 0.1) is 11.6 Å². The topological polar surface area (TPSA) is 33.0 Å². The largest absolute Gasteiger partial charge is 0.486 e. The van der Waals surface area contributed by atoms with Gasteiger partial charge in [-0.25, -0.2) is 4.39 Å². The molecule has 1 aromatic rings. The fraction of sp³-hybridized carbons (Fsp3) is 0.667. The molecule has 0 N–H and O–H groups in total. The van der Waals surface area contributed by atoms with E-state index in [2.05, 4.69) is 13.0 Å². The summed E-state index contributed by atoms with van der Waals surface area (Å²) in [6.07, 6.45) is 21.1. The molecule has 0 unspecified atom stereocenters. The standard InChI is InChI=1S/C27H38FNO/c1-2-3-4-7-22-8-5-10-25(18-22)24-14-11-21(12-15-24)9-6-17-30-27-16-13-23(20-29)19-26(27)28/h6,9,13,16,19,21-22,24-25H,2-5,7-8,10-12,14-15,17-18H2,1H3/b9-6+/t21?,22-,24?,25-/m1/s1. The third-order valence-corrected chi connectivity index (χ3v) is 7.33. The number of benzene rings is 1. The second kappa shape index (κ2) is 12.1. The van der Waals surface area contributed by atoms with Crippen molar-refractivity contribution in [3.63, 3.8) is 0 Å². The van der Waals surface area contributed by atoms with E-state index in [1.807, 2.05) is 12.1 Å². The average molecular weight is 412 g/mol. The van der Waals surface area contributed by atoms with Crippen LogP contribution in [0, 0.1) is 40.8 Å². The first-order valence-corrected chi connectivity index (χ1v) is 12.2. The molecule has 3 heteroatoms. The minimum Gasteiger partial charge on any atom is -0.486 e. The summed E-state index contributed by atoms with van der Waals surface area (Å²) < 4.78 is 19.4. The van der Waals surface area contributed by atoms with Crippen LogP contribution in [0.25, 0.3) is 0 Å². The van der Waals surface area contributed by atoms with Crippen LogP contribution in [0.2, 0.25) is 0 Å². The van der Waals surface area contributed by atoms with E-state index < -0.39 is 5.82 Å². The molecule has 0 radical (unpaired) electrons. The molecule has 3 rings (SSSR count). The Morgan fingerprint density at radius 2 is 1.93 bits per heavy atom. The first-order chi connectivity index (χ1) is 14.7. The molecule has 2 fully saturated rings. The van der Waals surface area contributed by atoms with Gasteiger partial charge >= 0.3 is 0 Å². The van der Waals surface area contributed by atoms with Crippen LogP contribution in [0.15, 0.2) is 30.4 Å². The zero-order chi connectivity index (χ0) is 21.2. The van der Waals surface area contributed by atoms with Gasteiger partial charge in [0.2, 0.25) is 0 Å². The number of ether oxygens (including phenoxy) is 1. The molecule has 2 aliphatic rings. The van der Waals surface area contributed by atoms with E-state index in [0.29, 0.717) is 18.1 Å². The molecule has 2 atom stereocenters. The summed E-state index contributed by atoms with van der Waals surface area (Å²) in [6.45, 7) is 2.68. The molecule has 0 saturated heterocycles.